The van der Waals surface area contributed by atoms with Crippen molar-refractivity contribution in [1.29, 1.82) is 0 Å². The molecule has 5 nitrogen and oxygen atoms in total. The number of nitrogen functional groups attached to an aromatic ring is 1. The molecule has 2 rings (SSSR count). The number of rotatable bonds is 0. The number of hydrogen-bond acceptors (Lipinski definition) is 3. The van der Waals surface area contributed by atoms with Gasteiger partial charge >= 0.3 is 5.69 Å². The number of nitrogens with two attached hydrogens (primary N) is 1. The molecular formula is C8H10N4O. The van der Waals surface area contributed by atoms with E-state index in [1.54, 1.807) is 26.5 Å². The Morgan fingerprint density at radius 1 is 1.31 bits per heavy atom. The predicted octanol–water partition coefficient (Wildman–Crippen LogP) is -0.146. The van der Waals surface area contributed by atoms with Gasteiger partial charge in [0.2, 0.25) is 0 Å². The van der Waals surface area contributed by atoms with Gasteiger partial charge in [0.15, 0.2) is 0 Å². The van der Waals surface area contributed by atoms with Gasteiger partial charge in [-0.1, -0.05) is 0 Å². The van der Waals surface area contributed by atoms with E-state index in [9.17, 15) is 4.79 Å². The molecule has 0 fully saturated rings. The Balaban J connectivity index is 3.12. The molecule has 2 aromatic heterocycles. The summed E-state index contributed by atoms with van der Waals surface area (Å²) in [5.41, 5.74) is 7.64. The zero-order valence-corrected chi connectivity index (χ0v) is 7.48. The van der Waals surface area contributed by atoms with Crippen molar-refractivity contribution < 1.29 is 0 Å². The third-order valence-electron chi connectivity index (χ3n) is 2.20. The number of hydrogen-bond donors (Lipinski definition) is 1. The summed E-state index contributed by atoms with van der Waals surface area (Å²) < 4.78 is 3.05. The number of nitrogens with zero attached hydrogens (tertiary/aromatic N) is 3. The molecule has 0 aromatic carbocycles. The summed E-state index contributed by atoms with van der Waals surface area (Å²) in [6.07, 6.45) is 3.18. The Kier molecular flexibility index (Phi) is 1.42. The van der Waals surface area contributed by atoms with Gasteiger partial charge in [-0.05, 0) is 0 Å². The van der Waals surface area contributed by atoms with Crippen molar-refractivity contribution in [2.45, 2.75) is 0 Å². The lowest BCUT2D eigenvalue weighted by Crippen LogP contribution is -2.19. The first kappa shape index (κ1) is 7.85. The minimum Gasteiger partial charge on any atom is -0.396 e. The van der Waals surface area contributed by atoms with Crippen molar-refractivity contribution >= 4 is 16.7 Å². The van der Waals surface area contributed by atoms with E-state index < -0.39 is 0 Å². The van der Waals surface area contributed by atoms with Crippen LogP contribution in [0.15, 0.2) is 17.2 Å². The second-order valence-corrected chi connectivity index (χ2v) is 3.00. The fraction of sp³-hybridized carbons (Fsp3) is 0.250. The molecule has 0 amide bonds. The maximum atomic E-state index is 11.5. The maximum absolute atomic E-state index is 11.5. The molecule has 2 aromatic rings. The Morgan fingerprint density at radius 2 is 2.00 bits per heavy atom. The Bertz CT molecular complexity index is 523. The van der Waals surface area contributed by atoms with E-state index in [1.807, 2.05) is 0 Å². The van der Waals surface area contributed by atoms with Gasteiger partial charge in [-0.3, -0.25) is 14.1 Å². The van der Waals surface area contributed by atoms with Crippen molar-refractivity contribution in [2.75, 3.05) is 5.73 Å². The highest BCUT2D eigenvalue weighted by Gasteiger charge is 2.09. The molecule has 0 saturated heterocycles. The number of imidazole rings is 1. The lowest BCUT2D eigenvalue weighted by atomic mass is 10.3. The number of anilines is 1. The summed E-state index contributed by atoms with van der Waals surface area (Å²) in [4.78, 5) is 15.4. The van der Waals surface area contributed by atoms with Crippen molar-refractivity contribution in [3.8, 4) is 0 Å². The average molecular weight is 178 g/mol. The largest absolute Gasteiger partial charge is 0.396 e. The van der Waals surface area contributed by atoms with Crippen LogP contribution >= 0.6 is 0 Å². The van der Waals surface area contributed by atoms with Crippen molar-refractivity contribution in [3.05, 3.63) is 22.9 Å². The van der Waals surface area contributed by atoms with Crippen molar-refractivity contribution in [2.24, 2.45) is 14.1 Å². The highest BCUT2D eigenvalue weighted by atomic mass is 16.1. The normalized spacial score (nSPS) is 10.9. The standard InChI is InChI=1S/C8H10N4O/c1-11-6-4-10-3-5(9)7(6)12(2)8(11)13/h3-4H,9H2,1-2H3. The van der Waals surface area contributed by atoms with E-state index in [1.165, 1.54) is 9.13 Å². The van der Waals surface area contributed by atoms with Gasteiger partial charge in [-0.2, -0.15) is 0 Å². The van der Waals surface area contributed by atoms with E-state index in [4.69, 9.17) is 5.73 Å². The van der Waals surface area contributed by atoms with Gasteiger partial charge in [0.1, 0.15) is 0 Å². The molecule has 2 heterocycles. The number of pyridine rings is 1. The molecule has 0 bridgehead atoms. The van der Waals surface area contributed by atoms with Gasteiger partial charge in [0, 0.05) is 14.1 Å². The summed E-state index contributed by atoms with van der Waals surface area (Å²) in [7, 11) is 3.40. The highest BCUT2D eigenvalue weighted by molar-refractivity contribution is 5.86. The van der Waals surface area contributed by atoms with Crippen molar-refractivity contribution in [3.63, 3.8) is 0 Å². The molecule has 0 aliphatic rings. The van der Waals surface area contributed by atoms with Crippen LogP contribution in [0.3, 0.4) is 0 Å². The average Bonchev–Trinajstić information content (AvgIpc) is 2.33. The molecule has 0 radical (unpaired) electrons. The maximum Gasteiger partial charge on any atom is 0.328 e. The van der Waals surface area contributed by atoms with Gasteiger partial charge in [0.25, 0.3) is 0 Å². The number of aromatic nitrogens is 3. The third kappa shape index (κ3) is 0.867. The van der Waals surface area contributed by atoms with E-state index in [2.05, 4.69) is 4.98 Å². The summed E-state index contributed by atoms with van der Waals surface area (Å²) in [5.74, 6) is 0. The predicted molar refractivity (Wildman–Crippen MR) is 50.4 cm³/mol. The molecule has 0 unspecified atom stereocenters. The SMILES string of the molecule is Cn1c(=O)n(C)c2c(N)cncc21. The molecule has 13 heavy (non-hydrogen) atoms. The van der Waals surface area contributed by atoms with E-state index in [0.29, 0.717) is 5.69 Å². The molecule has 0 aliphatic carbocycles. The molecule has 0 spiro atoms. The fourth-order valence-corrected chi connectivity index (χ4v) is 1.49. The molecule has 68 valence electrons. The van der Waals surface area contributed by atoms with Crippen LogP contribution in [-0.4, -0.2) is 14.1 Å². The summed E-state index contributed by atoms with van der Waals surface area (Å²) in [5, 5.41) is 0. The highest BCUT2D eigenvalue weighted by Crippen LogP contribution is 2.16. The van der Waals surface area contributed by atoms with Crippen LogP contribution in [0, 0.1) is 0 Å². The molecule has 0 aliphatic heterocycles. The summed E-state index contributed by atoms with van der Waals surface area (Å²) >= 11 is 0. The van der Waals surface area contributed by atoms with Crippen LogP contribution in [0.4, 0.5) is 5.69 Å². The van der Waals surface area contributed by atoms with Crippen LogP contribution in [0.2, 0.25) is 0 Å². The topological polar surface area (TPSA) is 65.8 Å². The smallest absolute Gasteiger partial charge is 0.328 e. The van der Waals surface area contributed by atoms with E-state index in [0.717, 1.165) is 11.0 Å². The van der Waals surface area contributed by atoms with Crippen LogP contribution in [0.5, 0.6) is 0 Å². The van der Waals surface area contributed by atoms with Gasteiger partial charge < -0.3 is 5.73 Å². The molecule has 5 heteroatoms. The minimum atomic E-state index is -0.0882. The van der Waals surface area contributed by atoms with E-state index >= 15 is 0 Å². The van der Waals surface area contributed by atoms with Crippen LogP contribution in [-0.2, 0) is 14.1 Å². The van der Waals surface area contributed by atoms with Crippen LogP contribution in [0.1, 0.15) is 0 Å². The second kappa shape index (κ2) is 2.35. The Labute approximate surface area is 74.4 Å². The quantitative estimate of drug-likeness (QED) is 0.610. The lowest BCUT2D eigenvalue weighted by Gasteiger charge is -1.96. The number of fused-ring (bicyclic) bond motifs is 1. The first-order chi connectivity index (χ1) is 6.13. The van der Waals surface area contributed by atoms with Crippen molar-refractivity contribution in [1.82, 2.24) is 14.1 Å². The monoisotopic (exact) mass is 178 g/mol. The molecule has 0 atom stereocenters. The number of aryl methyl sites for hydroxylation is 2. The van der Waals surface area contributed by atoms with E-state index in [-0.39, 0.29) is 5.69 Å². The lowest BCUT2D eigenvalue weighted by molar-refractivity contribution is 0.795. The van der Waals surface area contributed by atoms with Gasteiger partial charge in [-0.25, -0.2) is 4.79 Å². The summed E-state index contributed by atoms with van der Waals surface area (Å²) in [6.45, 7) is 0. The molecular weight excluding hydrogens is 168 g/mol. The fourth-order valence-electron chi connectivity index (χ4n) is 1.49. The third-order valence-corrected chi connectivity index (χ3v) is 2.20. The Hall–Kier alpha value is -1.78. The summed E-state index contributed by atoms with van der Waals surface area (Å²) in [6, 6.07) is 0. The van der Waals surface area contributed by atoms with Gasteiger partial charge in [0.05, 0.1) is 29.1 Å². The minimum absolute atomic E-state index is 0.0882. The van der Waals surface area contributed by atoms with Crippen LogP contribution < -0.4 is 11.4 Å². The second-order valence-electron chi connectivity index (χ2n) is 3.00. The zero-order chi connectivity index (χ0) is 9.59. The van der Waals surface area contributed by atoms with Crippen LogP contribution in [0.25, 0.3) is 11.0 Å². The first-order valence-electron chi connectivity index (χ1n) is 3.88. The molecule has 2 N–H and O–H groups in total. The zero-order valence-electron chi connectivity index (χ0n) is 7.48. The Morgan fingerprint density at radius 3 is 2.62 bits per heavy atom. The first-order valence-corrected chi connectivity index (χ1v) is 3.88. The van der Waals surface area contributed by atoms with Gasteiger partial charge in [-0.15, -0.1) is 0 Å². The molecule has 0 saturated carbocycles.